The fraction of sp³-hybridized carbons (Fsp3) is 0. The number of pyridine rings is 1. The van der Waals surface area contributed by atoms with Gasteiger partial charge in [0.2, 0.25) is 0 Å². The summed E-state index contributed by atoms with van der Waals surface area (Å²) < 4.78 is 39.2. The fourth-order valence-corrected chi connectivity index (χ4v) is 3.50. The smallest absolute Gasteiger partial charge is 0.328 e. The van der Waals surface area contributed by atoms with Gasteiger partial charge in [0.15, 0.2) is 5.65 Å². The van der Waals surface area contributed by atoms with Gasteiger partial charge in [0.25, 0.3) is 10.0 Å². The molecule has 0 saturated carbocycles. The van der Waals surface area contributed by atoms with E-state index >= 15 is 0 Å². The lowest BCUT2D eigenvalue weighted by atomic mass is 10.2. The van der Waals surface area contributed by atoms with Crippen LogP contribution >= 0.6 is 0 Å². The lowest BCUT2D eigenvalue weighted by Crippen LogP contribution is -2.12. The first kappa shape index (κ1) is 15.9. The second-order valence-electron chi connectivity index (χ2n) is 4.92. The summed E-state index contributed by atoms with van der Waals surface area (Å²) in [5.41, 5.74) is 0.730. The van der Waals surface area contributed by atoms with Crippen LogP contribution < -0.4 is 0 Å². The molecule has 2 heterocycles. The van der Waals surface area contributed by atoms with E-state index < -0.39 is 21.8 Å². The van der Waals surface area contributed by atoms with Gasteiger partial charge < -0.3 is 5.11 Å². The van der Waals surface area contributed by atoms with Crippen molar-refractivity contribution < 1.29 is 22.7 Å². The highest BCUT2D eigenvalue weighted by molar-refractivity contribution is 7.90. The highest BCUT2D eigenvalue weighted by Gasteiger charge is 2.19. The summed E-state index contributed by atoms with van der Waals surface area (Å²) >= 11 is 0. The predicted molar refractivity (Wildman–Crippen MR) is 85.4 cm³/mol. The Bertz CT molecular complexity index is 1050. The summed E-state index contributed by atoms with van der Waals surface area (Å²) in [5, 5.41) is 9.16. The second kappa shape index (κ2) is 5.89. The molecule has 2 aromatic heterocycles. The van der Waals surface area contributed by atoms with Gasteiger partial charge >= 0.3 is 5.97 Å². The zero-order valence-corrected chi connectivity index (χ0v) is 12.9. The first-order chi connectivity index (χ1) is 11.4. The molecule has 0 radical (unpaired) electrons. The Morgan fingerprint density at radius 2 is 1.92 bits per heavy atom. The number of fused-ring (bicyclic) bond motifs is 1. The van der Waals surface area contributed by atoms with Gasteiger partial charge in [-0.05, 0) is 48.0 Å². The molecule has 0 aliphatic rings. The minimum absolute atomic E-state index is 0.0574. The molecule has 122 valence electrons. The molecule has 6 nitrogen and oxygen atoms in total. The summed E-state index contributed by atoms with van der Waals surface area (Å²) in [4.78, 5) is 14.6. The van der Waals surface area contributed by atoms with Gasteiger partial charge in [0.1, 0.15) is 5.82 Å². The molecule has 24 heavy (non-hydrogen) atoms. The summed E-state index contributed by atoms with van der Waals surface area (Å²) in [6.07, 6.45) is 5.05. The number of halogens is 1. The molecule has 0 spiro atoms. The number of aromatic nitrogens is 2. The van der Waals surface area contributed by atoms with Crippen LogP contribution in [0.25, 0.3) is 17.1 Å². The van der Waals surface area contributed by atoms with Crippen molar-refractivity contribution in [1.29, 1.82) is 0 Å². The second-order valence-corrected chi connectivity index (χ2v) is 6.74. The molecule has 0 aliphatic carbocycles. The van der Waals surface area contributed by atoms with Crippen molar-refractivity contribution in [3.63, 3.8) is 0 Å². The largest absolute Gasteiger partial charge is 0.478 e. The van der Waals surface area contributed by atoms with E-state index in [1.807, 2.05) is 0 Å². The Morgan fingerprint density at radius 3 is 2.58 bits per heavy atom. The molecule has 8 heteroatoms. The Labute approximate surface area is 136 Å². The van der Waals surface area contributed by atoms with Crippen molar-refractivity contribution in [3.8, 4) is 0 Å². The topological polar surface area (TPSA) is 89.3 Å². The molecule has 0 saturated heterocycles. The minimum atomic E-state index is -3.90. The van der Waals surface area contributed by atoms with Crippen molar-refractivity contribution in [2.24, 2.45) is 0 Å². The molecule has 0 unspecified atom stereocenters. The monoisotopic (exact) mass is 346 g/mol. The van der Waals surface area contributed by atoms with Crippen LogP contribution in [0.5, 0.6) is 0 Å². The average Bonchev–Trinajstić information content (AvgIpc) is 2.97. The maximum atomic E-state index is 13.0. The molecule has 0 bridgehead atoms. The van der Waals surface area contributed by atoms with Gasteiger partial charge in [-0.3, -0.25) is 0 Å². The lowest BCUT2D eigenvalue weighted by molar-refractivity contribution is -0.131. The third-order valence-electron chi connectivity index (χ3n) is 3.30. The van der Waals surface area contributed by atoms with Gasteiger partial charge in [0.05, 0.1) is 4.90 Å². The molecule has 0 fully saturated rings. The highest BCUT2D eigenvalue weighted by Crippen LogP contribution is 2.22. The Kier molecular flexibility index (Phi) is 3.90. The standard InChI is InChI=1S/C16H11FN2O4S/c17-13-2-4-14(5-3-13)24(22,23)19-8-7-12-9-11(1-6-15(20)21)10-18-16(12)19/h1-10H,(H,20,21)/b6-1+. The van der Waals surface area contributed by atoms with Gasteiger partial charge in [-0.25, -0.2) is 26.6 Å². The zero-order valence-electron chi connectivity index (χ0n) is 12.1. The maximum absolute atomic E-state index is 13.0. The molecular formula is C16H11FN2O4S. The van der Waals surface area contributed by atoms with Crippen LogP contribution in [0.4, 0.5) is 4.39 Å². The fourth-order valence-electron chi connectivity index (χ4n) is 2.19. The van der Waals surface area contributed by atoms with Crippen LogP contribution in [0, 0.1) is 5.82 Å². The minimum Gasteiger partial charge on any atom is -0.478 e. The number of carbonyl (C=O) groups is 1. The number of rotatable bonds is 4. The Morgan fingerprint density at radius 1 is 1.21 bits per heavy atom. The van der Waals surface area contributed by atoms with E-state index in [1.165, 1.54) is 30.6 Å². The Hall–Kier alpha value is -3.00. The number of carboxylic acids is 1. The number of aliphatic carboxylic acids is 1. The van der Waals surface area contributed by atoms with Crippen molar-refractivity contribution in [1.82, 2.24) is 8.96 Å². The van der Waals surface area contributed by atoms with E-state index in [2.05, 4.69) is 4.98 Å². The number of hydrogen-bond donors (Lipinski definition) is 1. The van der Waals surface area contributed by atoms with Crippen LogP contribution in [0.15, 0.2) is 59.8 Å². The first-order valence-corrected chi connectivity index (χ1v) is 8.21. The van der Waals surface area contributed by atoms with Gasteiger partial charge in [-0.15, -0.1) is 0 Å². The van der Waals surface area contributed by atoms with E-state index in [9.17, 15) is 17.6 Å². The summed E-state index contributed by atoms with van der Waals surface area (Å²) in [6, 6.07) is 7.68. The number of carboxylic acid groups (broad SMARTS) is 1. The summed E-state index contributed by atoms with van der Waals surface area (Å²) in [7, 11) is -3.90. The molecule has 1 aromatic carbocycles. The quantitative estimate of drug-likeness (QED) is 0.733. The molecule has 3 aromatic rings. The van der Waals surface area contributed by atoms with E-state index in [1.54, 1.807) is 12.1 Å². The Balaban J connectivity index is 2.07. The van der Waals surface area contributed by atoms with Gasteiger partial charge in [0, 0.05) is 23.9 Å². The molecule has 1 N–H and O–H groups in total. The maximum Gasteiger partial charge on any atom is 0.328 e. The molecule has 0 amide bonds. The normalized spacial score (nSPS) is 12.0. The lowest BCUT2D eigenvalue weighted by Gasteiger charge is -2.07. The summed E-state index contributed by atoms with van der Waals surface area (Å²) in [5.74, 6) is -1.62. The van der Waals surface area contributed by atoms with E-state index in [0.717, 1.165) is 22.2 Å². The highest BCUT2D eigenvalue weighted by atomic mass is 32.2. The average molecular weight is 346 g/mol. The van der Waals surface area contributed by atoms with Crippen molar-refractivity contribution >= 4 is 33.1 Å². The van der Waals surface area contributed by atoms with Crippen molar-refractivity contribution in [2.45, 2.75) is 4.90 Å². The number of hydrogen-bond acceptors (Lipinski definition) is 4. The van der Waals surface area contributed by atoms with Crippen LogP contribution in [0.2, 0.25) is 0 Å². The number of nitrogens with zero attached hydrogens (tertiary/aromatic N) is 2. The molecular weight excluding hydrogens is 335 g/mol. The van der Waals surface area contributed by atoms with Crippen LogP contribution in [0.3, 0.4) is 0 Å². The molecule has 3 rings (SSSR count). The van der Waals surface area contributed by atoms with E-state index in [0.29, 0.717) is 10.9 Å². The number of benzene rings is 1. The van der Waals surface area contributed by atoms with Gasteiger partial charge in [-0.1, -0.05) is 0 Å². The SMILES string of the molecule is O=C(O)/C=C/c1cnc2c(ccn2S(=O)(=O)c2ccc(F)cc2)c1. The summed E-state index contributed by atoms with van der Waals surface area (Å²) in [6.45, 7) is 0. The van der Waals surface area contributed by atoms with Crippen LogP contribution in [0.1, 0.15) is 5.56 Å². The molecule has 0 aliphatic heterocycles. The first-order valence-electron chi connectivity index (χ1n) is 6.77. The third kappa shape index (κ3) is 2.91. The molecule has 0 atom stereocenters. The van der Waals surface area contributed by atoms with Crippen LogP contribution in [-0.4, -0.2) is 28.5 Å². The van der Waals surface area contributed by atoms with Crippen LogP contribution in [-0.2, 0) is 14.8 Å². The van der Waals surface area contributed by atoms with Crippen molar-refractivity contribution in [2.75, 3.05) is 0 Å². The predicted octanol–water partition coefficient (Wildman–Crippen LogP) is 2.51. The van der Waals surface area contributed by atoms with E-state index in [4.69, 9.17) is 5.11 Å². The third-order valence-corrected chi connectivity index (χ3v) is 4.98. The van der Waals surface area contributed by atoms with Gasteiger partial charge in [-0.2, -0.15) is 0 Å². The van der Waals surface area contributed by atoms with Crippen molar-refractivity contribution in [3.05, 3.63) is 66.2 Å². The van der Waals surface area contributed by atoms with E-state index in [-0.39, 0.29) is 10.5 Å². The zero-order chi connectivity index (χ0) is 17.3.